The number of nitro benzene ring substituents is 1. The molecular formula is C22H15Br2ClN4O5. The monoisotopic (exact) mass is 608 g/mol. The highest BCUT2D eigenvalue weighted by atomic mass is 79.9. The summed E-state index contributed by atoms with van der Waals surface area (Å²) >= 11 is 12.6. The summed E-state index contributed by atoms with van der Waals surface area (Å²) in [6, 6.07) is 15.2. The zero-order chi connectivity index (χ0) is 24.7. The average molecular weight is 611 g/mol. The van der Waals surface area contributed by atoms with Crippen LogP contribution in [0.15, 0.2) is 74.7 Å². The van der Waals surface area contributed by atoms with Crippen LogP contribution < -0.4 is 15.5 Å². The molecule has 0 bridgehead atoms. The van der Waals surface area contributed by atoms with Crippen LogP contribution in [0, 0.1) is 10.1 Å². The number of hydrazone groups is 1. The van der Waals surface area contributed by atoms with E-state index in [0.717, 1.165) is 0 Å². The molecule has 0 saturated carbocycles. The second kappa shape index (κ2) is 11.7. The number of amides is 2. The Morgan fingerprint density at radius 2 is 1.76 bits per heavy atom. The lowest BCUT2D eigenvalue weighted by Gasteiger charge is -2.12. The highest BCUT2D eigenvalue weighted by molar-refractivity contribution is 9.11. The van der Waals surface area contributed by atoms with Gasteiger partial charge in [-0.2, -0.15) is 5.10 Å². The van der Waals surface area contributed by atoms with E-state index in [2.05, 4.69) is 47.7 Å². The molecule has 0 aliphatic carbocycles. The van der Waals surface area contributed by atoms with Gasteiger partial charge in [0.25, 0.3) is 17.5 Å². The summed E-state index contributed by atoms with van der Waals surface area (Å²) in [5.41, 5.74) is 3.48. The van der Waals surface area contributed by atoms with Gasteiger partial charge in [0.15, 0.2) is 6.61 Å². The molecule has 0 fully saturated rings. The van der Waals surface area contributed by atoms with E-state index in [1.54, 1.807) is 36.4 Å². The van der Waals surface area contributed by atoms with Crippen molar-refractivity contribution in [3.05, 3.63) is 95.9 Å². The number of anilines is 1. The minimum Gasteiger partial charge on any atom is -0.482 e. The van der Waals surface area contributed by atoms with Crippen LogP contribution in [0.5, 0.6) is 5.75 Å². The number of non-ortho nitro benzene ring substituents is 1. The highest BCUT2D eigenvalue weighted by Crippen LogP contribution is 2.32. The third-order valence-corrected chi connectivity index (χ3v) is 5.52. The maximum Gasteiger partial charge on any atom is 0.271 e. The van der Waals surface area contributed by atoms with Crippen LogP contribution in [0.2, 0.25) is 5.02 Å². The molecule has 0 heterocycles. The number of nitrogens with zero attached hydrogens (tertiary/aromatic N) is 2. The van der Waals surface area contributed by atoms with Crippen LogP contribution >= 0.6 is 43.5 Å². The molecule has 3 aromatic rings. The SMILES string of the molecule is O=C(COc1c(Br)cc(Br)cc1/C=N/NC(=O)c1ccc([N+](=O)[O-])cc1)Nc1ccc(Cl)cc1. The minimum atomic E-state index is -0.553. The molecular weight excluding hydrogens is 596 g/mol. The summed E-state index contributed by atoms with van der Waals surface area (Å²) in [7, 11) is 0. The summed E-state index contributed by atoms with van der Waals surface area (Å²) in [6.07, 6.45) is 1.35. The number of carbonyl (C=O) groups is 2. The molecule has 2 amide bonds. The lowest BCUT2D eigenvalue weighted by Crippen LogP contribution is -2.21. The molecule has 0 atom stereocenters. The molecule has 3 aromatic carbocycles. The predicted molar refractivity (Wildman–Crippen MR) is 136 cm³/mol. The zero-order valence-electron chi connectivity index (χ0n) is 17.1. The van der Waals surface area contributed by atoms with Gasteiger partial charge in [0.05, 0.1) is 15.6 Å². The molecule has 34 heavy (non-hydrogen) atoms. The molecule has 174 valence electrons. The Kier molecular flexibility index (Phi) is 8.74. The van der Waals surface area contributed by atoms with Gasteiger partial charge in [0.1, 0.15) is 5.75 Å². The van der Waals surface area contributed by atoms with Crippen molar-refractivity contribution in [2.45, 2.75) is 0 Å². The second-order valence-electron chi connectivity index (χ2n) is 6.65. The summed E-state index contributed by atoms with van der Waals surface area (Å²) < 4.78 is 6.95. The van der Waals surface area contributed by atoms with E-state index in [1.165, 1.54) is 30.5 Å². The van der Waals surface area contributed by atoms with Crippen molar-refractivity contribution in [3.8, 4) is 5.75 Å². The van der Waals surface area contributed by atoms with E-state index in [-0.39, 0.29) is 23.8 Å². The first-order valence-corrected chi connectivity index (χ1v) is 11.4. The number of carbonyl (C=O) groups excluding carboxylic acids is 2. The fourth-order valence-corrected chi connectivity index (χ4v) is 4.15. The topological polar surface area (TPSA) is 123 Å². The lowest BCUT2D eigenvalue weighted by atomic mass is 10.2. The first-order chi connectivity index (χ1) is 16.2. The van der Waals surface area contributed by atoms with Gasteiger partial charge in [-0.25, -0.2) is 5.43 Å². The molecule has 2 N–H and O–H groups in total. The van der Waals surface area contributed by atoms with Crippen molar-refractivity contribution >= 4 is 72.9 Å². The Labute approximate surface area is 215 Å². The molecule has 0 aromatic heterocycles. The van der Waals surface area contributed by atoms with Gasteiger partial charge in [-0.15, -0.1) is 0 Å². The Bertz CT molecular complexity index is 1250. The number of hydrogen-bond donors (Lipinski definition) is 2. The number of ether oxygens (including phenoxy) is 1. The first kappa shape index (κ1) is 25.3. The Morgan fingerprint density at radius 1 is 1.09 bits per heavy atom. The average Bonchev–Trinajstić information content (AvgIpc) is 2.80. The predicted octanol–water partition coefficient (Wildman–Crippen LogP) is 5.55. The van der Waals surface area contributed by atoms with E-state index in [0.29, 0.717) is 31.0 Å². The summed E-state index contributed by atoms with van der Waals surface area (Å²) in [5, 5.41) is 17.9. The minimum absolute atomic E-state index is 0.124. The van der Waals surface area contributed by atoms with Crippen molar-refractivity contribution in [1.29, 1.82) is 0 Å². The molecule has 0 spiro atoms. The van der Waals surface area contributed by atoms with Gasteiger partial charge in [0, 0.05) is 38.4 Å². The number of nitrogens with one attached hydrogen (secondary N) is 2. The third-order valence-electron chi connectivity index (χ3n) is 4.22. The van der Waals surface area contributed by atoms with Gasteiger partial charge >= 0.3 is 0 Å². The maximum atomic E-state index is 12.3. The normalized spacial score (nSPS) is 10.7. The van der Waals surface area contributed by atoms with E-state index in [9.17, 15) is 19.7 Å². The van der Waals surface area contributed by atoms with Crippen molar-refractivity contribution in [1.82, 2.24) is 5.43 Å². The van der Waals surface area contributed by atoms with Crippen molar-refractivity contribution in [3.63, 3.8) is 0 Å². The third kappa shape index (κ3) is 7.11. The quantitative estimate of drug-likeness (QED) is 0.197. The van der Waals surface area contributed by atoms with Crippen molar-refractivity contribution < 1.29 is 19.2 Å². The van der Waals surface area contributed by atoms with E-state index < -0.39 is 10.8 Å². The molecule has 3 rings (SSSR count). The maximum absolute atomic E-state index is 12.3. The fourth-order valence-electron chi connectivity index (χ4n) is 2.66. The van der Waals surface area contributed by atoms with E-state index >= 15 is 0 Å². The number of nitro groups is 1. The lowest BCUT2D eigenvalue weighted by molar-refractivity contribution is -0.384. The standard InChI is InChI=1S/C22H15Br2ClN4O5/c23-15-9-14(11-26-28-22(31)13-1-7-18(8-2-13)29(32)33)21(19(24)10-15)34-12-20(30)27-17-5-3-16(25)4-6-17/h1-11H,12H2,(H,27,30)(H,28,31)/b26-11+. The largest absolute Gasteiger partial charge is 0.482 e. The zero-order valence-corrected chi connectivity index (χ0v) is 21.1. The number of benzene rings is 3. The second-order valence-corrected chi connectivity index (χ2v) is 8.86. The summed E-state index contributed by atoms with van der Waals surface area (Å²) in [6.45, 7) is -0.279. The molecule has 0 aliphatic rings. The Hall–Kier alpha value is -3.28. The fraction of sp³-hybridized carbons (Fsp3) is 0.0455. The molecule has 0 aliphatic heterocycles. The van der Waals surface area contributed by atoms with Crippen molar-refractivity contribution in [2.75, 3.05) is 11.9 Å². The number of rotatable bonds is 8. The molecule has 12 heteroatoms. The molecule has 0 radical (unpaired) electrons. The summed E-state index contributed by atoms with van der Waals surface area (Å²) in [4.78, 5) is 34.7. The van der Waals surface area contributed by atoms with Gasteiger partial charge in [-0.05, 0) is 64.5 Å². The van der Waals surface area contributed by atoms with Crippen LogP contribution in [0.25, 0.3) is 0 Å². The van der Waals surface area contributed by atoms with Crippen LogP contribution in [-0.2, 0) is 4.79 Å². The first-order valence-electron chi connectivity index (χ1n) is 9.48. The molecule has 0 saturated heterocycles. The van der Waals surface area contributed by atoms with Crippen molar-refractivity contribution in [2.24, 2.45) is 5.10 Å². The van der Waals surface area contributed by atoms with Gasteiger partial charge in [0.2, 0.25) is 0 Å². The Morgan fingerprint density at radius 3 is 2.41 bits per heavy atom. The highest BCUT2D eigenvalue weighted by Gasteiger charge is 2.13. The van der Waals surface area contributed by atoms with Crippen LogP contribution in [0.3, 0.4) is 0 Å². The number of hydrogen-bond acceptors (Lipinski definition) is 6. The smallest absolute Gasteiger partial charge is 0.271 e. The van der Waals surface area contributed by atoms with E-state index in [1.807, 2.05) is 0 Å². The van der Waals surface area contributed by atoms with Crippen LogP contribution in [0.4, 0.5) is 11.4 Å². The van der Waals surface area contributed by atoms with Gasteiger partial charge in [-0.1, -0.05) is 27.5 Å². The van der Waals surface area contributed by atoms with Gasteiger partial charge < -0.3 is 10.1 Å². The molecule has 0 unspecified atom stereocenters. The van der Waals surface area contributed by atoms with Gasteiger partial charge in [-0.3, -0.25) is 19.7 Å². The van der Waals surface area contributed by atoms with Crippen LogP contribution in [0.1, 0.15) is 15.9 Å². The molecule has 9 nitrogen and oxygen atoms in total. The number of halogens is 3. The summed E-state index contributed by atoms with van der Waals surface area (Å²) in [5.74, 6) is -0.598. The van der Waals surface area contributed by atoms with E-state index in [4.69, 9.17) is 16.3 Å². The Balaban J connectivity index is 1.66. The van der Waals surface area contributed by atoms with Crippen LogP contribution in [-0.4, -0.2) is 29.6 Å².